The van der Waals surface area contributed by atoms with Crippen molar-refractivity contribution >= 4 is 0 Å². The zero-order chi connectivity index (χ0) is 16.4. The molecule has 0 aliphatic carbocycles. The van der Waals surface area contributed by atoms with Crippen molar-refractivity contribution in [3.05, 3.63) is 65.5 Å². The first kappa shape index (κ1) is 14.9. The predicted molar refractivity (Wildman–Crippen MR) is 90.5 cm³/mol. The van der Waals surface area contributed by atoms with Gasteiger partial charge in [0.2, 0.25) is 0 Å². The summed E-state index contributed by atoms with van der Waals surface area (Å²) in [4.78, 5) is 6.85. The van der Waals surface area contributed by atoms with Crippen LogP contribution >= 0.6 is 0 Å². The zero-order valence-electron chi connectivity index (χ0n) is 13.6. The molecule has 0 unspecified atom stereocenters. The number of methoxy groups -OCH3 is 1. The maximum absolute atomic E-state index is 5.46. The van der Waals surface area contributed by atoms with E-state index >= 15 is 0 Å². The summed E-state index contributed by atoms with van der Waals surface area (Å²) in [6.07, 6.45) is 0.975. The van der Waals surface area contributed by atoms with E-state index in [4.69, 9.17) is 9.26 Å². The molecule has 0 atom stereocenters. The minimum absolute atomic E-state index is 0.574. The summed E-state index contributed by atoms with van der Waals surface area (Å²) in [5.41, 5.74) is 3.58. The fourth-order valence-corrected chi connectivity index (χ4v) is 3.18. The van der Waals surface area contributed by atoms with Gasteiger partial charge in [-0.15, -0.1) is 0 Å². The first-order chi connectivity index (χ1) is 11.8. The minimum atomic E-state index is 0.574. The average molecular weight is 321 g/mol. The van der Waals surface area contributed by atoms with E-state index in [-0.39, 0.29) is 0 Å². The molecule has 3 aromatic rings. The Kier molecular flexibility index (Phi) is 4.01. The second-order valence-electron chi connectivity index (χ2n) is 5.94. The third-order valence-electron chi connectivity index (χ3n) is 4.38. The van der Waals surface area contributed by atoms with E-state index < -0.39 is 0 Å². The van der Waals surface area contributed by atoms with Gasteiger partial charge in [-0.25, -0.2) is 0 Å². The molecule has 0 radical (unpaired) electrons. The normalized spacial score (nSPS) is 14.4. The number of rotatable bonds is 4. The Hall–Kier alpha value is -2.66. The van der Waals surface area contributed by atoms with E-state index in [1.807, 2.05) is 42.5 Å². The van der Waals surface area contributed by atoms with Crippen molar-refractivity contribution in [3.63, 3.8) is 0 Å². The SMILES string of the molecule is COc1cccc2c1CCN(Cc1noc(-c3ccccc3)n1)C2. The van der Waals surface area contributed by atoms with Crippen LogP contribution in [0.2, 0.25) is 0 Å². The Labute approximate surface area is 140 Å². The topological polar surface area (TPSA) is 51.4 Å². The molecule has 0 bridgehead atoms. The number of benzene rings is 2. The highest BCUT2D eigenvalue weighted by atomic mass is 16.5. The Balaban J connectivity index is 1.48. The summed E-state index contributed by atoms with van der Waals surface area (Å²) in [6, 6.07) is 16.1. The quantitative estimate of drug-likeness (QED) is 0.738. The summed E-state index contributed by atoms with van der Waals surface area (Å²) >= 11 is 0. The fraction of sp³-hybridized carbons (Fsp3) is 0.263. The third-order valence-corrected chi connectivity index (χ3v) is 4.38. The van der Waals surface area contributed by atoms with Gasteiger partial charge in [0.1, 0.15) is 5.75 Å². The molecule has 2 aromatic carbocycles. The number of hydrogen-bond donors (Lipinski definition) is 0. The maximum Gasteiger partial charge on any atom is 0.257 e. The molecular formula is C19H19N3O2. The summed E-state index contributed by atoms with van der Waals surface area (Å²) in [6.45, 7) is 2.53. The van der Waals surface area contributed by atoms with Crippen LogP contribution < -0.4 is 4.74 Å². The number of aromatic nitrogens is 2. The molecule has 0 spiro atoms. The van der Waals surface area contributed by atoms with Crippen LogP contribution in [-0.4, -0.2) is 28.7 Å². The monoisotopic (exact) mass is 321 g/mol. The highest BCUT2D eigenvalue weighted by molar-refractivity contribution is 5.52. The molecule has 1 aromatic heterocycles. The van der Waals surface area contributed by atoms with Crippen molar-refractivity contribution in [2.45, 2.75) is 19.5 Å². The molecule has 2 heterocycles. The summed E-state index contributed by atoms with van der Waals surface area (Å²) < 4.78 is 10.9. The van der Waals surface area contributed by atoms with Crippen molar-refractivity contribution in [1.82, 2.24) is 15.0 Å². The van der Waals surface area contributed by atoms with Crippen LogP contribution in [-0.2, 0) is 19.5 Å². The largest absolute Gasteiger partial charge is 0.496 e. The van der Waals surface area contributed by atoms with E-state index in [0.717, 1.165) is 36.6 Å². The number of nitrogens with zero attached hydrogens (tertiary/aromatic N) is 3. The van der Waals surface area contributed by atoms with E-state index in [2.05, 4.69) is 21.1 Å². The van der Waals surface area contributed by atoms with E-state index in [0.29, 0.717) is 12.4 Å². The fourth-order valence-electron chi connectivity index (χ4n) is 3.18. The van der Waals surface area contributed by atoms with E-state index in [1.165, 1.54) is 11.1 Å². The van der Waals surface area contributed by atoms with Gasteiger partial charge in [0.05, 0.1) is 13.7 Å². The van der Waals surface area contributed by atoms with Gasteiger partial charge < -0.3 is 9.26 Å². The van der Waals surface area contributed by atoms with Gasteiger partial charge in [-0.1, -0.05) is 35.5 Å². The molecule has 0 fully saturated rings. The lowest BCUT2D eigenvalue weighted by atomic mass is 9.99. The van der Waals surface area contributed by atoms with Gasteiger partial charge in [0.25, 0.3) is 5.89 Å². The molecule has 1 aliphatic heterocycles. The molecule has 0 saturated heterocycles. The molecule has 5 heteroatoms. The summed E-state index contributed by atoms with van der Waals surface area (Å²) in [7, 11) is 1.73. The van der Waals surface area contributed by atoms with Crippen molar-refractivity contribution in [2.24, 2.45) is 0 Å². The van der Waals surface area contributed by atoms with Crippen molar-refractivity contribution in [3.8, 4) is 17.2 Å². The maximum atomic E-state index is 5.46. The summed E-state index contributed by atoms with van der Waals surface area (Å²) in [5.74, 6) is 2.28. The lowest BCUT2D eigenvalue weighted by molar-refractivity contribution is 0.233. The lowest BCUT2D eigenvalue weighted by Crippen LogP contribution is -2.30. The van der Waals surface area contributed by atoms with Crippen molar-refractivity contribution in [1.29, 1.82) is 0 Å². The van der Waals surface area contributed by atoms with Crippen LogP contribution in [0.5, 0.6) is 5.75 Å². The first-order valence-electron chi connectivity index (χ1n) is 8.08. The average Bonchev–Trinajstić information content (AvgIpc) is 3.10. The second kappa shape index (κ2) is 6.45. The minimum Gasteiger partial charge on any atom is -0.496 e. The number of ether oxygens (including phenoxy) is 1. The van der Waals surface area contributed by atoms with Crippen molar-refractivity contribution < 1.29 is 9.26 Å². The van der Waals surface area contributed by atoms with E-state index in [1.54, 1.807) is 7.11 Å². The Morgan fingerprint density at radius 1 is 1.12 bits per heavy atom. The standard InChI is InChI=1S/C19H19N3O2/c1-23-17-9-5-8-15-12-22(11-10-16(15)17)13-18-20-19(24-21-18)14-6-3-2-4-7-14/h2-9H,10-13H2,1H3. The first-order valence-corrected chi connectivity index (χ1v) is 8.08. The van der Waals surface area contributed by atoms with Gasteiger partial charge in [-0.3, -0.25) is 4.90 Å². The second-order valence-corrected chi connectivity index (χ2v) is 5.94. The van der Waals surface area contributed by atoms with Crippen LogP contribution in [0.1, 0.15) is 17.0 Å². The lowest BCUT2D eigenvalue weighted by Gasteiger charge is -2.28. The summed E-state index contributed by atoms with van der Waals surface area (Å²) in [5, 5.41) is 4.12. The van der Waals surface area contributed by atoms with Gasteiger partial charge in [0.15, 0.2) is 5.82 Å². The predicted octanol–water partition coefficient (Wildman–Crippen LogP) is 3.30. The van der Waals surface area contributed by atoms with Crippen molar-refractivity contribution in [2.75, 3.05) is 13.7 Å². The van der Waals surface area contributed by atoms with Crippen LogP contribution in [0.25, 0.3) is 11.5 Å². The van der Waals surface area contributed by atoms with Gasteiger partial charge >= 0.3 is 0 Å². The third kappa shape index (κ3) is 2.90. The molecule has 24 heavy (non-hydrogen) atoms. The Morgan fingerprint density at radius 3 is 2.83 bits per heavy atom. The Bertz CT molecular complexity index is 830. The van der Waals surface area contributed by atoms with Crippen LogP contribution in [0.4, 0.5) is 0 Å². The number of fused-ring (bicyclic) bond motifs is 1. The van der Waals surface area contributed by atoms with Crippen LogP contribution in [0.3, 0.4) is 0 Å². The zero-order valence-corrected chi connectivity index (χ0v) is 13.6. The van der Waals surface area contributed by atoms with Crippen LogP contribution in [0.15, 0.2) is 53.1 Å². The van der Waals surface area contributed by atoms with Gasteiger partial charge in [-0.2, -0.15) is 4.98 Å². The van der Waals surface area contributed by atoms with Gasteiger partial charge in [0, 0.05) is 18.7 Å². The Morgan fingerprint density at radius 2 is 2.00 bits per heavy atom. The molecular weight excluding hydrogens is 302 g/mol. The smallest absolute Gasteiger partial charge is 0.257 e. The molecule has 0 amide bonds. The number of hydrogen-bond acceptors (Lipinski definition) is 5. The highest BCUT2D eigenvalue weighted by Crippen LogP contribution is 2.28. The molecule has 0 N–H and O–H groups in total. The molecule has 122 valence electrons. The molecule has 1 aliphatic rings. The highest BCUT2D eigenvalue weighted by Gasteiger charge is 2.21. The van der Waals surface area contributed by atoms with Crippen LogP contribution in [0, 0.1) is 0 Å². The van der Waals surface area contributed by atoms with E-state index in [9.17, 15) is 0 Å². The molecule has 4 rings (SSSR count). The van der Waals surface area contributed by atoms with Gasteiger partial charge in [-0.05, 0) is 35.7 Å². The molecule has 0 saturated carbocycles. The molecule has 5 nitrogen and oxygen atoms in total.